The summed E-state index contributed by atoms with van der Waals surface area (Å²) in [6.07, 6.45) is -4.99. The van der Waals surface area contributed by atoms with Gasteiger partial charge in [0.1, 0.15) is 17.2 Å². The molecule has 2 heterocycles. The molecule has 0 aliphatic carbocycles. The van der Waals surface area contributed by atoms with Crippen molar-refractivity contribution in [3.8, 4) is 67.0 Å². The Kier molecular flexibility index (Phi) is 11.5. The number of hydrogen-bond acceptors (Lipinski definition) is 0. The number of aryl methyl sites for hydroxylation is 8. The Labute approximate surface area is 439 Å². The number of halogens is 5. The molecule has 0 spiro atoms. The number of benzene rings is 10. The lowest BCUT2D eigenvalue weighted by molar-refractivity contribution is -0.137. The minimum Gasteiger partial charge on any atom is -0.308 e. The first-order valence-corrected chi connectivity index (χ1v) is 25.6. The van der Waals surface area contributed by atoms with E-state index < -0.39 is 23.4 Å². The average molecular weight is 1010 g/mol. The van der Waals surface area contributed by atoms with Gasteiger partial charge in [0.25, 0.3) is 0 Å². The van der Waals surface area contributed by atoms with Gasteiger partial charge in [0, 0.05) is 27.6 Å². The highest BCUT2D eigenvalue weighted by atomic mass is 19.4. The lowest BCUT2D eigenvalue weighted by Gasteiger charge is -2.23. The van der Waals surface area contributed by atoms with E-state index in [-0.39, 0.29) is 22.5 Å². The fourth-order valence-corrected chi connectivity index (χ4v) is 12.0. The van der Waals surface area contributed by atoms with Gasteiger partial charge in [-0.05, 0) is 160 Å². The molecule has 0 N–H and O–H groups in total. The maximum atomic E-state index is 17.3. The van der Waals surface area contributed by atoms with Crippen molar-refractivity contribution in [1.29, 1.82) is 0 Å². The SMILES string of the molecule is Cc1cc(C)cc(-c2ccc3c4ccc(-c5cc(C)cc(C)c5)cc4n(-c4cc(-c5cc(F)cc(F)c5)cc(-n5c6cc(-c7cc(C)cc(C)c7)ccc6c6ccc(-c7cc(C)cc(C)c7)cc65)c4C(F)(F)F)c3c2)c1. The molecule has 12 aromatic rings. The van der Waals surface area contributed by atoms with Gasteiger partial charge in [-0.15, -0.1) is 0 Å². The smallest absolute Gasteiger partial charge is 0.308 e. The van der Waals surface area contributed by atoms with E-state index in [0.717, 1.165) is 117 Å². The molecule has 0 atom stereocenters. The fraction of sp³-hybridized carbons (Fsp3) is 0.130. The molecule has 0 bridgehead atoms. The summed E-state index contributed by atoms with van der Waals surface area (Å²) in [5, 5.41) is 3.00. The predicted molar refractivity (Wildman–Crippen MR) is 305 cm³/mol. The van der Waals surface area contributed by atoms with Gasteiger partial charge in [-0.25, -0.2) is 8.78 Å². The molecule has 0 saturated heterocycles. The van der Waals surface area contributed by atoms with Crippen molar-refractivity contribution in [3.63, 3.8) is 0 Å². The summed E-state index contributed by atoms with van der Waals surface area (Å²) in [5.41, 5.74) is 16.6. The summed E-state index contributed by atoms with van der Waals surface area (Å²) >= 11 is 0. The van der Waals surface area contributed by atoms with E-state index in [1.54, 1.807) is 9.13 Å². The first-order valence-electron chi connectivity index (χ1n) is 25.6. The Morgan fingerprint density at radius 2 is 0.500 bits per heavy atom. The molecule has 374 valence electrons. The van der Waals surface area contributed by atoms with Crippen molar-refractivity contribution in [3.05, 3.63) is 238 Å². The monoisotopic (exact) mass is 1000 g/mol. The van der Waals surface area contributed by atoms with Crippen molar-refractivity contribution in [2.24, 2.45) is 0 Å². The Hall–Kier alpha value is -8.55. The highest BCUT2D eigenvalue weighted by Crippen LogP contribution is 2.48. The number of alkyl halides is 3. The molecule has 12 rings (SSSR count). The maximum Gasteiger partial charge on any atom is 0.420 e. The van der Waals surface area contributed by atoms with Crippen LogP contribution in [0.15, 0.2) is 176 Å². The van der Waals surface area contributed by atoms with Crippen LogP contribution in [-0.4, -0.2) is 9.13 Å². The van der Waals surface area contributed by atoms with Crippen LogP contribution in [0, 0.1) is 67.0 Å². The lowest BCUT2D eigenvalue weighted by Crippen LogP contribution is -2.16. The molecule has 0 aliphatic rings. The van der Waals surface area contributed by atoms with Gasteiger partial charge < -0.3 is 9.13 Å². The summed E-state index contributed by atoms with van der Waals surface area (Å²) in [6, 6.07) is 55.1. The molecule has 76 heavy (non-hydrogen) atoms. The summed E-state index contributed by atoms with van der Waals surface area (Å²) in [4.78, 5) is 0. The quantitative estimate of drug-likeness (QED) is 0.141. The van der Waals surface area contributed by atoms with E-state index in [2.05, 4.69) is 72.8 Å². The largest absolute Gasteiger partial charge is 0.420 e. The molecule has 2 aromatic heterocycles. The summed E-state index contributed by atoms with van der Waals surface area (Å²) in [5.74, 6) is -1.70. The predicted octanol–water partition coefficient (Wildman–Crippen LogP) is 20.0. The molecule has 7 heteroatoms. The van der Waals surface area contributed by atoms with Crippen LogP contribution in [0.3, 0.4) is 0 Å². The Bertz CT molecular complexity index is 3830. The second kappa shape index (κ2) is 18.1. The topological polar surface area (TPSA) is 9.86 Å². The van der Waals surface area contributed by atoms with Crippen molar-refractivity contribution in [2.75, 3.05) is 0 Å². The van der Waals surface area contributed by atoms with Gasteiger partial charge in [0.15, 0.2) is 0 Å². The standard InChI is InChI=1S/C69H53F5N2/c1-38-17-39(2)22-50(21-38)46-9-13-58-59-14-10-47(51-23-40(3)18-41(4)24-51)32-63(59)75(62(58)31-46)66-35-55(54-29-56(70)37-57(71)30-54)36-67(68(66)69(72,73)74)76-64-33-48(52-25-42(5)19-43(6)26-52)11-15-60(64)61-16-12-49(34-65(61)76)53-27-44(7)20-45(8)28-53/h9-37H,1-8H3. The van der Waals surface area contributed by atoms with Crippen molar-refractivity contribution >= 4 is 43.6 Å². The van der Waals surface area contributed by atoms with E-state index in [1.165, 1.54) is 24.3 Å². The zero-order valence-corrected chi connectivity index (χ0v) is 43.5. The molecule has 0 saturated carbocycles. The second-order valence-corrected chi connectivity index (χ2v) is 21.1. The van der Waals surface area contributed by atoms with Gasteiger partial charge in [0.2, 0.25) is 0 Å². The zero-order chi connectivity index (χ0) is 53.1. The second-order valence-electron chi connectivity index (χ2n) is 21.1. The zero-order valence-electron chi connectivity index (χ0n) is 43.5. The van der Waals surface area contributed by atoms with Gasteiger partial charge in [0.05, 0.1) is 33.4 Å². The summed E-state index contributed by atoms with van der Waals surface area (Å²) < 4.78 is 86.6. The van der Waals surface area contributed by atoms with Gasteiger partial charge >= 0.3 is 6.18 Å². The molecule has 0 radical (unpaired) electrons. The number of hydrogen-bond donors (Lipinski definition) is 0. The third-order valence-electron chi connectivity index (χ3n) is 14.8. The highest BCUT2D eigenvalue weighted by molar-refractivity contribution is 6.13. The van der Waals surface area contributed by atoms with E-state index >= 15 is 22.0 Å². The Morgan fingerprint density at radius 1 is 0.263 bits per heavy atom. The van der Waals surface area contributed by atoms with Gasteiger partial charge in [-0.2, -0.15) is 13.2 Å². The minimum absolute atomic E-state index is 0.0916. The first kappa shape index (κ1) is 48.4. The fourth-order valence-electron chi connectivity index (χ4n) is 12.0. The van der Waals surface area contributed by atoms with Crippen LogP contribution in [-0.2, 0) is 6.18 Å². The Morgan fingerprint density at radius 3 is 0.750 bits per heavy atom. The van der Waals surface area contributed by atoms with Crippen molar-refractivity contribution in [2.45, 2.75) is 61.6 Å². The third-order valence-corrected chi connectivity index (χ3v) is 14.8. The highest BCUT2D eigenvalue weighted by Gasteiger charge is 2.40. The molecule has 0 unspecified atom stereocenters. The van der Waals surface area contributed by atoms with Gasteiger partial charge in [-0.3, -0.25) is 0 Å². The van der Waals surface area contributed by atoms with E-state index in [9.17, 15) is 0 Å². The molecule has 0 amide bonds. The van der Waals surface area contributed by atoms with Crippen LogP contribution in [0.4, 0.5) is 22.0 Å². The lowest BCUT2D eigenvalue weighted by atomic mass is 9.98. The molecule has 0 fully saturated rings. The van der Waals surface area contributed by atoms with E-state index in [4.69, 9.17) is 0 Å². The van der Waals surface area contributed by atoms with Crippen molar-refractivity contribution < 1.29 is 22.0 Å². The maximum absolute atomic E-state index is 17.3. The van der Waals surface area contributed by atoms with Crippen LogP contribution in [0.25, 0.3) is 111 Å². The first-order chi connectivity index (χ1) is 36.3. The van der Waals surface area contributed by atoms with E-state index in [0.29, 0.717) is 22.1 Å². The van der Waals surface area contributed by atoms with Crippen molar-refractivity contribution in [1.82, 2.24) is 9.13 Å². The molecule has 0 aliphatic heterocycles. The number of aromatic nitrogens is 2. The third kappa shape index (κ3) is 8.63. The molecular weight excluding hydrogens is 952 g/mol. The minimum atomic E-state index is -4.99. The number of nitrogens with zero attached hydrogens (tertiary/aromatic N) is 2. The molecular formula is C69H53F5N2. The Balaban J connectivity index is 1.27. The van der Waals surface area contributed by atoms with Crippen LogP contribution < -0.4 is 0 Å². The summed E-state index contributed by atoms with van der Waals surface area (Å²) in [6.45, 7) is 16.2. The number of fused-ring (bicyclic) bond motifs is 6. The van der Waals surface area contributed by atoms with Crippen LogP contribution in [0.1, 0.15) is 50.1 Å². The molecule has 10 aromatic carbocycles. The van der Waals surface area contributed by atoms with Crippen LogP contribution >= 0.6 is 0 Å². The van der Waals surface area contributed by atoms with Gasteiger partial charge in [-0.1, -0.05) is 166 Å². The molecule has 2 nitrogen and oxygen atoms in total. The number of rotatable bonds is 7. The van der Waals surface area contributed by atoms with Crippen LogP contribution in [0.5, 0.6) is 0 Å². The normalized spacial score (nSPS) is 12.0. The van der Waals surface area contributed by atoms with E-state index in [1.807, 2.05) is 128 Å². The average Bonchev–Trinajstić information content (AvgIpc) is 3.95. The van der Waals surface area contributed by atoms with Crippen LogP contribution in [0.2, 0.25) is 0 Å². The summed E-state index contributed by atoms with van der Waals surface area (Å²) in [7, 11) is 0.